The molecule has 1 aliphatic heterocycles. The van der Waals surface area contributed by atoms with Gasteiger partial charge in [-0.25, -0.2) is 9.79 Å². The maximum absolute atomic E-state index is 12.2. The monoisotopic (exact) mass is 395 g/mol. The van der Waals surface area contributed by atoms with Crippen molar-refractivity contribution in [2.75, 3.05) is 28.4 Å². The van der Waals surface area contributed by atoms with Gasteiger partial charge in [0.2, 0.25) is 5.90 Å². The summed E-state index contributed by atoms with van der Waals surface area (Å²) in [5.41, 5.74) is 1.69. The molecule has 0 radical (unpaired) electrons. The van der Waals surface area contributed by atoms with Gasteiger partial charge < -0.3 is 23.7 Å². The molecule has 0 spiro atoms. The standard InChI is InChI=1S/C22H21NO6/c1-25-16-8-5-14(6-9-16)7-10-21-23-17(22(24)29-21)11-15-12-19(27-3)20(28-4)13-18(15)26-2/h5-13H,1-4H3. The van der Waals surface area contributed by atoms with Crippen LogP contribution in [0.5, 0.6) is 23.0 Å². The van der Waals surface area contributed by atoms with Crippen LogP contribution in [0, 0.1) is 0 Å². The first-order chi connectivity index (χ1) is 14.1. The Morgan fingerprint density at radius 3 is 2.10 bits per heavy atom. The van der Waals surface area contributed by atoms with Crippen molar-refractivity contribution in [3.63, 3.8) is 0 Å². The van der Waals surface area contributed by atoms with Gasteiger partial charge in [0.25, 0.3) is 0 Å². The third-order valence-electron chi connectivity index (χ3n) is 4.20. The molecule has 3 rings (SSSR count). The zero-order valence-corrected chi connectivity index (χ0v) is 16.6. The molecule has 7 heteroatoms. The third-order valence-corrected chi connectivity index (χ3v) is 4.20. The number of methoxy groups -OCH3 is 4. The zero-order valence-electron chi connectivity index (χ0n) is 16.6. The predicted molar refractivity (Wildman–Crippen MR) is 110 cm³/mol. The molecule has 0 saturated heterocycles. The Morgan fingerprint density at radius 1 is 0.828 bits per heavy atom. The number of aliphatic imine (C=N–C) groups is 1. The van der Waals surface area contributed by atoms with Crippen molar-refractivity contribution in [2.24, 2.45) is 4.99 Å². The van der Waals surface area contributed by atoms with E-state index in [4.69, 9.17) is 23.7 Å². The molecular weight excluding hydrogens is 374 g/mol. The van der Waals surface area contributed by atoms with Gasteiger partial charge >= 0.3 is 5.97 Å². The van der Waals surface area contributed by atoms with Gasteiger partial charge in [0, 0.05) is 17.7 Å². The summed E-state index contributed by atoms with van der Waals surface area (Å²) in [6.45, 7) is 0. The van der Waals surface area contributed by atoms with Gasteiger partial charge in [0.15, 0.2) is 17.2 Å². The molecule has 0 N–H and O–H groups in total. The normalized spacial score (nSPS) is 14.7. The topological polar surface area (TPSA) is 75.6 Å². The summed E-state index contributed by atoms with van der Waals surface area (Å²) in [4.78, 5) is 16.5. The van der Waals surface area contributed by atoms with Gasteiger partial charge in [-0.3, -0.25) is 0 Å². The van der Waals surface area contributed by atoms with Crippen molar-refractivity contribution in [3.05, 3.63) is 59.3 Å². The van der Waals surface area contributed by atoms with E-state index in [0.717, 1.165) is 11.3 Å². The molecule has 0 amide bonds. The lowest BCUT2D eigenvalue weighted by Crippen LogP contribution is -2.01. The van der Waals surface area contributed by atoms with E-state index in [2.05, 4.69) is 4.99 Å². The fraction of sp³-hybridized carbons (Fsp3) is 0.182. The number of nitrogens with zero attached hydrogens (tertiary/aromatic N) is 1. The van der Waals surface area contributed by atoms with E-state index >= 15 is 0 Å². The van der Waals surface area contributed by atoms with Crippen LogP contribution in [-0.4, -0.2) is 40.3 Å². The van der Waals surface area contributed by atoms with Crippen LogP contribution in [0.25, 0.3) is 12.2 Å². The molecule has 29 heavy (non-hydrogen) atoms. The van der Waals surface area contributed by atoms with Crippen molar-refractivity contribution in [1.82, 2.24) is 0 Å². The van der Waals surface area contributed by atoms with Crippen LogP contribution in [-0.2, 0) is 9.53 Å². The number of carbonyl (C=O) groups excluding carboxylic acids is 1. The number of cyclic esters (lactones) is 1. The Morgan fingerprint density at radius 2 is 1.48 bits per heavy atom. The van der Waals surface area contributed by atoms with Crippen molar-refractivity contribution in [1.29, 1.82) is 0 Å². The minimum Gasteiger partial charge on any atom is -0.497 e. The van der Waals surface area contributed by atoms with Gasteiger partial charge in [-0.15, -0.1) is 0 Å². The van der Waals surface area contributed by atoms with Crippen LogP contribution in [0.2, 0.25) is 0 Å². The maximum Gasteiger partial charge on any atom is 0.363 e. The highest BCUT2D eigenvalue weighted by Gasteiger charge is 2.22. The zero-order chi connectivity index (χ0) is 20.8. The first-order valence-corrected chi connectivity index (χ1v) is 8.72. The van der Waals surface area contributed by atoms with Gasteiger partial charge in [0.05, 0.1) is 28.4 Å². The highest BCUT2D eigenvalue weighted by atomic mass is 16.6. The third kappa shape index (κ3) is 4.57. The van der Waals surface area contributed by atoms with Crippen LogP contribution >= 0.6 is 0 Å². The van der Waals surface area contributed by atoms with Crippen molar-refractivity contribution < 1.29 is 28.5 Å². The number of carbonyl (C=O) groups is 1. The Hall–Kier alpha value is -3.74. The van der Waals surface area contributed by atoms with E-state index in [1.165, 1.54) is 21.3 Å². The molecule has 2 aromatic rings. The van der Waals surface area contributed by atoms with Gasteiger partial charge in [-0.05, 0) is 35.9 Å². The summed E-state index contributed by atoms with van der Waals surface area (Å²) >= 11 is 0. The van der Waals surface area contributed by atoms with Crippen LogP contribution in [0.15, 0.2) is 53.2 Å². The Balaban J connectivity index is 1.87. The Kier molecular flexibility index (Phi) is 6.19. The molecule has 0 aliphatic carbocycles. The van der Waals surface area contributed by atoms with Gasteiger partial charge in [0.1, 0.15) is 11.5 Å². The number of benzene rings is 2. The molecule has 2 aromatic carbocycles. The van der Waals surface area contributed by atoms with E-state index in [9.17, 15) is 4.79 Å². The maximum atomic E-state index is 12.2. The number of esters is 1. The van der Waals surface area contributed by atoms with Crippen LogP contribution in [0.1, 0.15) is 11.1 Å². The minimum atomic E-state index is -0.545. The molecule has 1 heterocycles. The Labute approximate surface area is 168 Å². The van der Waals surface area contributed by atoms with Gasteiger partial charge in [-0.2, -0.15) is 0 Å². The number of rotatable bonds is 7. The van der Waals surface area contributed by atoms with E-state index in [0.29, 0.717) is 22.8 Å². The summed E-state index contributed by atoms with van der Waals surface area (Å²) in [7, 11) is 6.21. The quantitative estimate of drug-likeness (QED) is 0.525. The van der Waals surface area contributed by atoms with E-state index < -0.39 is 5.97 Å². The molecule has 7 nitrogen and oxygen atoms in total. The lowest BCUT2D eigenvalue weighted by molar-refractivity contribution is -0.129. The molecule has 0 atom stereocenters. The second-order valence-electron chi connectivity index (χ2n) is 5.92. The Bertz CT molecular complexity index is 989. The average molecular weight is 395 g/mol. The molecular formula is C22H21NO6. The smallest absolute Gasteiger partial charge is 0.363 e. The summed E-state index contributed by atoms with van der Waals surface area (Å²) in [6, 6.07) is 10.8. The number of hydrogen-bond acceptors (Lipinski definition) is 7. The summed E-state index contributed by atoms with van der Waals surface area (Å²) in [5, 5.41) is 0. The second-order valence-corrected chi connectivity index (χ2v) is 5.92. The van der Waals surface area contributed by atoms with Gasteiger partial charge in [-0.1, -0.05) is 12.1 Å². The van der Waals surface area contributed by atoms with Crippen LogP contribution in [0.4, 0.5) is 0 Å². The molecule has 1 aliphatic rings. The van der Waals surface area contributed by atoms with E-state index in [1.54, 1.807) is 37.5 Å². The highest BCUT2D eigenvalue weighted by molar-refractivity contribution is 6.11. The number of ether oxygens (including phenoxy) is 5. The molecule has 0 fully saturated rings. The fourth-order valence-corrected chi connectivity index (χ4v) is 2.69. The van der Waals surface area contributed by atoms with Crippen molar-refractivity contribution in [3.8, 4) is 23.0 Å². The first kappa shape index (κ1) is 20.0. The van der Waals surface area contributed by atoms with E-state index in [-0.39, 0.29) is 11.6 Å². The van der Waals surface area contributed by atoms with Crippen molar-refractivity contribution in [2.45, 2.75) is 0 Å². The largest absolute Gasteiger partial charge is 0.497 e. The summed E-state index contributed by atoms with van der Waals surface area (Å²) < 4.78 is 26.3. The highest BCUT2D eigenvalue weighted by Crippen LogP contribution is 2.36. The first-order valence-electron chi connectivity index (χ1n) is 8.72. The number of hydrogen-bond donors (Lipinski definition) is 0. The lowest BCUT2D eigenvalue weighted by atomic mass is 10.1. The molecule has 0 bridgehead atoms. The van der Waals surface area contributed by atoms with E-state index in [1.807, 2.05) is 24.3 Å². The fourth-order valence-electron chi connectivity index (χ4n) is 2.69. The van der Waals surface area contributed by atoms with Crippen LogP contribution in [0.3, 0.4) is 0 Å². The SMILES string of the molecule is COc1ccc(C=CC2=NC(=Cc3cc(OC)c(OC)cc3OC)C(=O)O2)cc1. The lowest BCUT2D eigenvalue weighted by Gasteiger charge is -2.12. The molecule has 0 saturated carbocycles. The summed E-state index contributed by atoms with van der Waals surface area (Å²) in [5.74, 6) is 1.97. The van der Waals surface area contributed by atoms with Crippen LogP contribution < -0.4 is 18.9 Å². The minimum absolute atomic E-state index is 0.157. The second kappa shape index (κ2) is 8.97. The molecule has 0 unspecified atom stereocenters. The summed E-state index contributed by atoms with van der Waals surface area (Å²) in [6.07, 6.45) is 5.01. The molecule has 0 aromatic heterocycles. The average Bonchev–Trinajstić information content (AvgIpc) is 3.11. The predicted octanol–water partition coefficient (Wildman–Crippen LogP) is 3.73. The van der Waals surface area contributed by atoms with Crippen molar-refractivity contribution >= 4 is 24.0 Å². The molecule has 150 valence electrons.